The maximum atomic E-state index is 11.9. The molecule has 1 aromatic rings. The van der Waals surface area contributed by atoms with Gasteiger partial charge in [0.1, 0.15) is 0 Å². The van der Waals surface area contributed by atoms with Gasteiger partial charge in [0.2, 0.25) is 0 Å². The van der Waals surface area contributed by atoms with Gasteiger partial charge < -0.3 is 5.73 Å². The molecule has 1 rings (SSSR count). The minimum atomic E-state index is -3.33. The number of sulfone groups is 1. The first-order valence-electron chi connectivity index (χ1n) is 5.12. The van der Waals surface area contributed by atoms with Gasteiger partial charge in [0.25, 0.3) is 0 Å². The largest absolute Gasteiger partial charge is 0.398 e. The number of halogens is 1. The molecule has 1 aromatic carbocycles. The molecule has 17 heavy (non-hydrogen) atoms. The maximum absolute atomic E-state index is 11.9. The SMILES string of the molecule is N#CCCCCS(=O)(=O)c1ccc(N)c(Cl)c1. The van der Waals surface area contributed by atoms with Gasteiger partial charge in [-0.2, -0.15) is 5.26 Å². The van der Waals surface area contributed by atoms with E-state index < -0.39 is 9.84 Å². The second-order valence-electron chi connectivity index (χ2n) is 3.62. The molecule has 0 unspecified atom stereocenters. The first kappa shape index (κ1) is 13.8. The summed E-state index contributed by atoms with van der Waals surface area (Å²) >= 11 is 5.77. The zero-order chi connectivity index (χ0) is 12.9. The van der Waals surface area contributed by atoms with E-state index in [1.54, 1.807) is 0 Å². The molecule has 0 atom stereocenters. The van der Waals surface area contributed by atoms with Crippen molar-refractivity contribution < 1.29 is 8.42 Å². The Labute approximate surface area is 106 Å². The fourth-order valence-corrected chi connectivity index (χ4v) is 2.95. The highest BCUT2D eigenvalue weighted by atomic mass is 35.5. The van der Waals surface area contributed by atoms with Gasteiger partial charge in [-0.05, 0) is 31.0 Å². The summed E-state index contributed by atoms with van der Waals surface area (Å²) in [5.41, 5.74) is 5.87. The number of hydrogen-bond acceptors (Lipinski definition) is 4. The Morgan fingerprint density at radius 3 is 2.65 bits per heavy atom. The lowest BCUT2D eigenvalue weighted by atomic mass is 10.3. The van der Waals surface area contributed by atoms with Gasteiger partial charge in [0, 0.05) is 6.42 Å². The molecule has 4 nitrogen and oxygen atoms in total. The van der Waals surface area contributed by atoms with E-state index in [0.29, 0.717) is 24.9 Å². The molecule has 0 aliphatic carbocycles. The molecule has 0 fully saturated rings. The molecule has 0 heterocycles. The summed E-state index contributed by atoms with van der Waals surface area (Å²) < 4.78 is 23.8. The van der Waals surface area contributed by atoms with Gasteiger partial charge in [0.05, 0.1) is 27.4 Å². The Bertz CT molecular complexity index is 535. The molecule has 0 bridgehead atoms. The molecule has 6 heteroatoms. The summed E-state index contributed by atoms with van der Waals surface area (Å²) in [5, 5.41) is 8.59. The van der Waals surface area contributed by atoms with Crippen LogP contribution >= 0.6 is 11.6 Å². The monoisotopic (exact) mass is 272 g/mol. The zero-order valence-electron chi connectivity index (χ0n) is 9.19. The number of nitriles is 1. The molecule has 92 valence electrons. The zero-order valence-corrected chi connectivity index (χ0v) is 10.8. The van der Waals surface area contributed by atoms with E-state index in [1.807, 2.05) is 6.07 Å². The lowest BCUT2D eigenvalue weighted by Crippen LogP contribution is -2.07. The molecule has 0 aromatic heterocycles. The summed E-state index contributed by atoms with van der Waals surface area (Å²) in [6.45, 7) is 0. The second kappa shape index (κ2) is 5.89. The highest BCUT2D eigenvalue weighted by molar-refractivity contribution is 7.91. The Morgan fingerprint density at radius 1 is 1.35 bits per heavy atom. The summed E-state index contributed by atoms with van der Waals surface area (Å²) in [5.74, 6) is 0.0227. The van der Waals surface area contributed by atoms with Crippen molar-refractivity contribution in [1.82, 2.24) is 0 Å². The molecule has 0 radical (unpaired) electrons. The van der Waals surface area contributed by atoms with Crippen molar-refractivity contribution in [2.75, 3.05) is 11.5 Å². The third kappa shape index (κ3) is 3.91. The number of nitrogen functional groups attached to an aromatic ring is 1. The number of nitrogens with two attached hydrogens (primary N) is 1. The van der Waals surface area contributed by atoms with Crippen molar-refractivity contribution in [2.24, 2.45) is 0 Å². The number of hydrogen-bond donors (Lipinski definition) is 1. The fraction of sp³-hybridized carbons (Fsp3) is 0.364. The minimum absolute atomic E-state index is 0.0227. The van der Waals surface area contributed by atoms with E-state index >= 15 is 0 Å². The fourth-order valence-electron chi connectivity index (χ4n) is 1.32. The molecular weight excluding hydrogens is 260 g/mol. The minimum Gasteiger partial charge on any atom is -0.398 e. The van der Waals surface area contributed by atoms with Gasteiger partial charge in [0.15, 0.2) is 9.84 Å². The summed E-state index contributed by atoms with van der Waals surface area (Å²) in [6, 6.07) is 6.26. The van der Waals surface area contributed by atoms with Crippen LogP contribution in [0.1, 0.15) is 19.3 Å². The van der Waals surface area contributed by atoms with Crippen molar-refractivity contribution in [3.05, 3.63) is 23.2 Å². The highest BCUT2D eigenvalue weighted by Crippen LogP contribution is 2.23. The Balaban J connectivity index is 2.76. The Morgan fingerprint density at radius 2 is 2.06 bits per heavy atom. The molecule has 0 aliphatic heterocycles. The molecule has 0 amide bonds. The average Bonchev–Trinajstić information content (AvgIpc) is 2.28. The van der Waals surface area contributed by atoms with Gasteiger partial charge in [-0.25, -0.2) is 8.42 Å². The molecule has 2 N–H and O–H groups in total. The molecule has 0 spiro atoms. The number of anilines is 1. The van der Waals surface area contributed by atoms with Crippen molar-refractivity contribution in [2.45, 2.75) is 24.2 Å². The van der Waals surface area contributed by atoms with E-state index in [4.69, 9.17) is 22.6 Å². The third-order valence-corrected chi connectivity index (χ3v) is 4.41. The Kier molecular flexibility index (Phi) is 4.79. The van der Waals surface area contributed by atoms with Crippen LogP contribution in [0, 0.1) is 11.3 Å². The maximum Gasteiger partial charge on any atom is 0.178 e. The highest BCUT2D eigenvalue weighted by Gasteiger charge is 2.14. The lowest BCUT2D eigenvalue weighted by molar-refractivity contribution is 0.592. The second-order valence-corrected chi connectivity index (χ2v) is 6.13. The number of nitrogens with zero attached hydrogens (tertiary/aromatic N) is 1. The van der Waals surface area contributed by atoms with Crippen LogP contribution in [0.4, 0.5) is 5.69 Å². The number of rotatable bonds is 5. The van der Waals surface area contributed by atoms with Crippen LogP contribution < -0.4 is 5.73 Å². The van der Waals surface area contributed by atoms with Crippen LogP contribution in [0.15, 0.2) is 23.1 Å². The third-order valence-electron chi connectivity index (χ3n) is 2.28. The van der Waals surface area contributed by atoms with E-state index in [1.165, 1.54) is 18.2 Å². The van der Waals surface area contributed by atoms with Gasteiger partial charge in [-0.1, -0.05) is 11.6 Å². The summed E-state index contributed by atoms with van der Waals surface area (Å²) in [4.78, 5) is 0.175. The van der Waals surface area contributed by atoms with Crippen LogP contribution in [-0.2, 0) is 9.84 Å². The van der Waals surface area contributed by atoms with E-state index in [0.717, 1.165) is 0 Å². The van der Waals surface area contributed by atoms with Crippen molar-refractivity contribution in [1.29, 1.82) is 5.26 Å². The van der Waals surface area contributed by atoms with Crippen molar-refractivity contribution >= 4 is 27.1 Å². The lowest BCUT2D eigenvalue weighted by Gasteiger charge is -2.05. The first-order valence-corrected chi connectivity index (χ1v) is 7.15. The van der Waals surface area contributed by atoms with Crippen LogP contribution in [0.5, 0.6) is 0 Å². The van der Waals surface area contributed by atoms with Crippen LogP contribution in [0.2, 0.25) is 5.02 Å². The van der Waals surface area contributed by atoms with Gasteiger partial charge in [-0.3, -0.25) is 0 Å². The Hall–Kier alpha value is -1.25. The predicted octanol–water partition coefficient (Wildman–Crippen LogP) is 2.39. The van der Waals surface area contributed by atoms with Crippen LogP contribution in [0.25, 0.3) is 0 Å². The summed E-state index contributed by atoms with van der Waals surface area (Å²) in [7, 11) is -3.33. The predicted molar refractivity (Wildman–Crippen MR) is 67.4 cm³/mol. The van der Waals surface area contributed by atoms with E-state index in [2.05, 4.69) is 0 Å². The standard InChI is InChI=1S/C11H13ClN2O2S/c12-10-8-9(4-5-11(10)14)17(15,16)7-3-1-2-6-13/h4-5,8H,1-3,7,14H2. The van der Waals surface area contributed by atoms with E-state index in [9.17, 15) is 8.42 Å². The van der Waals surface area contributed by atoms with Crippen LogP contribution in [-0.4, -0.2) is 14.2 Å². The van der Waals surface area contributed by atoms with Crippen molar-refractivity contribution in [3.8, 4) is 6.07 Å². The smallest absolute Gasteiger partial charge is 0.178 e. The van der Waals surface area contributed by atoms with Gasteiger partial charge in [-0.15, -0.1) is 0 Å². The topological polar surface area (TPSA) is 84.0 Å². The van der Waals surface area contributed by atoms with Gasteiger partial charge >= 0.3 is 0 Å². The van der Waals surface area contributed by atoms with Crippen molar-refractivity contribution in [3.63, 3.8) is 0 Å². The normalized spacial score (nSPS) is 11.1. The molecule has 0 aliphatic rings. The quantitative estimate of drug-likeness (QED) is 0.659. The first-order chi connectivity index (χ1) is 7.97. The number of benzene rings is 1. The molecular formula is C11H13ClN2O2S. The summed E-state index contributed by atoms with van der Waals surface area (Å²) in [6.07, 6.45) is 1.42. The van der Waals surface area contributed by atoms with E-state index in [-0.39, 0.29) is 15.7 Å². The average molecular weight is 273 g/mol. The molecule has 0 saturated heterocycles. The van der Waals surface area contributed by atoms with Crippen LogP contribution in [0.3, 0.4) is 0 Å². The number of unbranched alkanes of at least 4 members (excludes halogenated alkanes) is 2. The molecule has 0 saturated carbocycles.